The van der Waals surface area contributed by atoms with E-state index in [1.165, 1.54) is 0 Å². The number of amides is 1. The van der Waals surface area contributed by atoms with E-state index in [4.69, 9.17) is 10.5 Å². The summed E-state index contributed by atoms with van der Waals surface area (Å²) in [5.74, 6) is 0.687. The zero-order chi connectivity index (χ0) is 12.8. The van der Waals surface area contributed by atoms with Crippen LogP contribution in [0.15, 0.2) is 18.2 Å². The Bertz CT molecular complexity index is 391. The average Bonchev–Trinajstić information content (AvgIpc) is 2.31. The molecule has 0 fully saturated rings. The van der Waals surface area contributed by atoms with E-state index in [0.717, 1.165) is 12.8 Å². The minimum Gasteiger partial charge on any atom is -0.497 e. The molecule has 17 heavy (non-hydrogen) atoms. The first-order valence-electron chi connectivity index (χ1n) is 5.82. The van der Waals surface area contributed by atoms with Crippen LogP contribution in [0, 0.1) is 5.92 Å². The lowest BCUT2D eigenvalue weighted by Gasteiger charge is -2.13. The Labute approximate surface area is 102 Å². The molecule has 1 amide bonds. The monoisotopic (exact) mass is 236 g/mol. The van der Waals surface area contributed by atoms with Crippen molar-refractivity contribution in [3.8, 4) is 5.75 Å². The fraction of sp³-hybridized carbons (Fsp3) is 0.462. The zero-order valence-electron chi connectivity index (χ0n) is 10.6. The molecule has 4 nitrogen and oxygen atoms in total. The molecule has 0 heterocycles. The molecule has 1 rings (SSSR count). The molecule has 1 atom stereocenters. The summed E-state index contributed by atoms with van der Waals surface area (Å²) in [6, 6.07) is 5.22. The van der Waals surface area contributed by atoms with Crippen LogP contribution in [0.25, 0.3) is 0 Å². The van der Waals surface area contributed by atoms with Crippen molar-refractivity contribution in [2.24, 2.45) is 5.92 Å². The van der Waals surface area contributed by atoms with Crippen LogP contribution in [-0.2, 0) is 4.79 Å². The third-order valence-electron chi connectivity index (χ3n) is 2.69. The molecule has 0 aliphatic carbocycles. The number of anilines is 2. The zero-order valence-corrected chi connectivity index (χ0v) is 10.6. The summed E-state index contributed by atoms with van der Waals surface area (Å²) < 4.78 is 5.05. The van der Waals surface area contributed by atoms with E-state index >= 15 is 0 Å². The molecule has 94 valence electrons. The predicted octanol–water partition coefficient (Wildman–Crippen LogP) is 2.65. The van der Waals surface area contributed by atoms with Crippen molar-refractivity contribution in [3.63, 3.8) is 0 Å². The van der Waals surface area contributed by atoms with Gasteiger partial charge in [0.2, 0.25) is 5.91 Å². The second-order valence-electron chi connectivity index (χ2n) is 4.13. The minimum atomic E-state index is 0.00139. The summed E-state index contributed by atoms with van der Waals surface area (Å²) in [7, 11) is 1.58. The summed E-state index contributed by atoms with van der Waals surface area (Å²) in [4.78, 5) is 11.8. The van der Waals surface area contributed by atoms with Crippen molar-refractivity contribution >= 4 is 17.3 Å². The number of ether oxygens (including phenoxy) is 1. The molecule has 0 saturated heterocycles. The normalized spacial score (nSPS) is 11.9. The highest BCUT2D eigenvalue weighted by Crippen LogP contribution is 2.24. The Morgan fingerprint density at radius 3 is 2.76 bits per heavy atom. The van der Waals surface area contributed by atoms with Crippen LogP contribution in [0.1, 0.15) is 26.7 Å². The molecule has 0 bridgehead atoms. The van der Waals surface area contributed by atoms with E-state index in [2.05, 4.69) is 12.2 Å². The Balaban J connectivity index is 2.71. The third kappa shape index (κ3) is 3.66. The number of methoxy groups -OCH3 is 1. The Morgan fingerprint density at radius 2 is 2.24 bits per heavy atom. The van der Waals surface area contributed by atoms with Gasteiger partial charge in [0, 0.05) is 12.0 Å². The maximum absolute atomic E-state index is 11.8. The van der Waals surface area contributed by atoms with Crippen LogP contribution in [0.4, 0.5) is 11.4 Å². The largest absolute Gasteiger partial charge is 0.497 e. The van der Waals surface area contributed by atoms with Crippen LogP contribution in [0.2, 0.25) is 0 Å². The second-order valence-corrected chi connectivity index (χ2v) is 4.13. The Hall–Kier alpha value is -1.71. The quantitative estimate of drug-likeness (QED) is 0.772. The number of nitrogens with two attached hydrogens (primary N) is 1. The van der Waals surface area contributed by atoms with E-state index in [0.29, 0.717) is 17.1 Å². The van der Waals surface area contributed by atoms with Gasteiger partial charge in [-0.15, -0.1) is 0 Å². The lowest BCUT2D eigenvalue weighted by atomic mass is 10.1. The molecule has 0 saturated carbocycles. The molecular weight excluding hydrogens is 216 g/mol. The molecular formula is C13H20N2O2. The highest BCUT2D eigenvalue weighted by atomic mass is 16.5. The van der Waals surface area contributed by atoms with Gasteiger partial charge >= 0.3 is 0 Å². The lowest BCUT2D eigenvalue weighted by Crippen LogP contribution is -2.20. The lowest BCUT2D eigenvalue weighted by molar-refractivity contribution is -0.119. The third-order valence-corrected chi connectivity index (χ3v) is 2.69. The number of benzene rings is 1. The molecule has 1 unspecified atom stereocenters. The van der Waals surface area contributed by atoms with Gasteiger partial charge in [0.05, 0.1) is 18.5 Å². The van der Waals surface area contributed by atoms with Gasteiger partial charge in [0.25, 0.3) is 0 Å². The molecule has 0 aliphatic rings. The Kier molecular flexibility index (Phi) is 4.82. The van der Waals surface area contributed by atoms with Gasteiger partial charge < -0.3 is 15.8 Å². The maximum atomic E-state index is 11.8. The fourth-order valence-electron chi connectivity index (χ4n) is 1.60. The smallest absolute Gasteiger partial charge is 0.227 e. The molecule has 0 aromatic heterocycles. The molecule has 1 aromatic carbocycles. The fourth-order valence-corrected chi connectivity index (χ4v) is 1.60. The predicted molar refractivity (Wildman–Crippen MR) is 70.1 cm³/mol. The van der Waals surface area contributed by atoms with Crippen LogP contribution < -0.4 is 15.8 Å². The first-order chi connectivity index (χ1) is 8.08. The molecule has 0 radical (unpaired) electrons. The van der Waals surface area contributed by atoms with Crippen LogP contribution >= 0.6 is 0 Å². The van der Waals surface area contributed by atoms with Crippen LogP contribution in [0.5, 0.6) is 5.75 Å². The summed E-state index contributed by atoms with van der Waals surface area (Å²) in [5, 5.41) is 2.83. The van der Waals surface area contributed by atoms with E-state index in [1.54, 1.807) is 25.3 Å². The maximum Gasteiger partial charge on any atom is 0.227 e. The first kappa shape index (κ1) is 13.4. The number of nitrogen functional groups attached to an aromatic ring is 1. The average molecular weight is 236 g/mol. The van der Waals surface area contributed by atoms with Gasteiger partial charge in [-0.2, -0.15) is 0 Å². The minimum absolute atomic E-state index is 0.00139. The number of nitrogens with one attached hydrogen (secondary N) is 1. The summed E-state index contributed by atoms with van der Waals surface area (Å²) in [5.41, 5.74) is 6.98. The van der Waals surface area contributed by atoms with Crippen LogP contribution in [0.3, 0.4) is 0 Å². The van der Waals surface area contributed by atoms with Gasteiger partial charge in [-0.1, -0.05) is 20.3 Å². The molecule has 0 aliphatic heterocycles. The first-order valence-corrected chi connectivity index (χ1v) is 5.82. The van der Waals surface area contributed by atoms with Crippen molar-refractivity contribution in [2.75, 3.05) is 18.2 Å². The van der Waals surface area contributed by atoms with Crippen LogP contribution in [-0.4, -0.2) is 13.0 Å². The molecule has 1 aromatic rings. The molecule has 4 heteroatoms. The van der Waals surface area contributed by atoms with E-state index in [1.807, 2.05) is 6.92 Å². The van der Waals surface area contributed by atoms with E-state index < -0.39 is 0 Å². The topological polar surface area (TPSA) is 64.3 Å². The highest BCUT2D eigenvalue weighted by molar-refractivity contribution is 5.95. The highest BCUT2D eigenvalue weighted by Gasteiger charge is 2.13. The number of hydrogen-bond donors (Lipinski definition) is 2. The number of hydrogen-bond acceptors (Lipinski definition) is 3. The Morgan fingerprint density at radius 1 is 1.53 bits per heavy atom. The van der Waals surface area contributed by atoms with E-state index in [9.17, 15) is 4.79 Å². The second kappa shape index (κ2) is 6.13. The van der Waals surface area contributed by atoms with Gasteiger partial charge in [-0.25, -0.2) is 0 Å². The van der Waals surface area contributed by atoms with Gasteiger partial charge in [0.1, 0.15) is 5.75 Å². The number of carbonyl (C=O) groups excluding carboxylic acids is 1. The van der Waals surface area contributed by atoms with Gasteiger partial charge in [0.15, 0.2) is 0 Å². The number of rotatable bonds is 5. The summed E-state index contributed by atoms with van der Waals surface area (Å²) in [6.45, 7) is 3.98. The SMILES string of the molecule is CCCC(C)C(=O)Nc1ccc(OC)cc1N. The van der Waals surface area contributed by atoms with Crippen molar-refractivity contribution in [1.29, 1.82) is 0 Å². The molecule has 3 N–H and O–H groups in total. The number of carbonyl (C=O) groups is 1. The van der Waals surface area contributed by atoms with Crippen molar-refractivity contribution in [3.05, 3.63) is 18.2 Å². The summed E-state index contributed by atoms with van der Waals surface area (Å²) in [6.07, 6.45) is 1.87. The standard InChI is InChI=1S/C13H20N2O2/c1-4-5-9(2)13(16)15-12-7-6-10(17-3)8-11(12)14/h6-9H,4-5,14H2,1-3H3,(H,15,16). The van der Waals surface area contributed by atoms with Crippen molar-refractivity contribution in [1.82, 2.24) is 0 Å². The van der Waals surface area contributed by atoms with Gasteiger partial charge in [-0.3, -0.25) is 4.79 Å². The van der Waals surface area contributed by atoms with Crippen molar-refractivity contribution in [2.45, 2.75) is 26.7 Å². The van der Waals surface area contributed by atoms with Crippen molar-refractivity contribution < 1.29 is 9.53 Å². The van der Waals surface area contributed by atoms with E-state index in [-0.39, 0.29) is 11.8 Å². The summed E-state index contributed by atoms with van der Waals surface area (Å²) >= 11 is 0. The molecule has 0 spiro atoms. The van der Waals surface area contributed by atoms with Gasteiger partial charge in [-0.05, 0) is 18.6 Å².